The van der Waals surface area contributed by atoms with Gasteiger partial charge in [0.1, 0.15) is 0 Å². The summed E-state index contributed by atoms with van der Waals surface area (Å²) in [5.41, 5.74) is 6.00. The highest BCUT2D eigenvalue weighted by atomic mass is 35.5. The molecule has 3 nitrogen and oxygen atoms in total. The summed E-state index contributed by atoms with van der Waals surface area (Å²) in [6, 6.07) is 26.6. The molecule has 0 fully saturated rings. The molecule has 1 heterocycles. The maximum atomic E-state index is 6.08. The van der Waals surface area contributed by atoms with Crippen molar-refractivity contribution in [3.05, 3.63) is 95.6 Å². The fraction of sp³-hybridized carbons (Fsp3) is 0. The summed E-state index contributed by atoms with van der Waals surface area (Å²) in [5, 5.41) is 11.0. The van der Waals surface area contributed by atoms with Crippen molar-refractivity contribution in [1.29, 1.82) is 0 Å². The number of hydrogen-bond donors (Lipinski definition) is 1. The average molecular weight is 382 g/mol. The van der Waals surface area contributed by atoms with Crippen LogP contribution >= 0.6 is 11.6 Å². The van der Waals surface area contributed by atoms with Crippen molar-refractivity contribution in [2.75, 3.05) is 5.43 Å². The number of aromatic nitrogens is 1. The van der Waals surface area contributed by atoms with E-state index < -0.39 is 0 Å². The lowest BCUT2D eigenvalue weighted by Gasteiger charge is -2.09. The number of anilines is 1. The van der Waals surface area contributed by atoms with E-state index in [-0.39, 0.29) is 0 Å². The Morgan fingerprint density at radius 1 is 0.786 bits per heavy atom. The average Bonchev–Trinajstić information content (AvgIpc) is 2.73. The molecule has 0 spiro atoms. The van der Waals surface area contributed by atoms with Crippen molar-refractivity contribution in [1.82, 2.24) is 4.98 Å². The Hall–Kier alpha value is -3.43. The first-order valence-corrected chi connectivity index (χ1v) is 9.41. The fourth-order valence-corrected chi connectivity index (χ4v) is 3.74. The third kappa shape index (κ3) is 2.96. The number of benzene rings is 4. The molecule has 28 heavy (non-hydrogen) atoms. The van der Waals surface area contributed by atoms with E-state index in [1.807, 2.05) is 30.5 Å². The maximum Gasteiger partial charge on any atom is 0.0738 e. The van der Waals surface area contributed by atoms with Crippen LogP contribution in [-0.4, -0.2) is 11.2 Å². The Labute approximate surface area is 167 Å². The van der Waals surface area contributed by atoms with E-state index in [4.69, 9.17) is 11.6 Å². The van der Waals surface area contributed by atoms with E-state index in [2.05, 4.69) is 70.1 Å². The molecule has 134 valence electrons. The minimum absolute atomic E-state index is 0.669. The molecule has 0 radical (unpaired) electrons. The highest BCUT2D eigenvalue weighted by molar-refractivity contribution is 6.31. The molecule has 1 N–H and O–H groups in total. The number of nitrogens with zero attached hydrogens (tertiary/aromatic N) is 2. The van der Waals surface area contributed by atoms with E-state index in [0.29, 0.717) is 5.02 Å². The summed E-state index contributed by atoms with van der Waals surface area (Å²) >= 11 is 6.08. The Morgan fingerprint density at radius 2 is 1.50 bits per heavy atom. The minimum atomic E-state index is 0.669. The first kappa shape index (κ1) is 16.7. The van der Waals surface area contributed by atoms with Gasteiger partial charge in [-0.1, -0.05) is 60.1 Å². The highest BCUT2D eigenvalue weighted by Gasteiger charge is 2.06. The van der Waals surface area contributed by atoms with Crippen LogP contribution in [0.3, 0.4) is 0 Å². The van der Waals surface area contributed by atoms with Crippen molar-refractivity contribution in [2.45, 2.75) is 0 Å². The van der Waals surface area contributed by atoms with E-state index in [9.17, 15) is 0 Å². The molecule has 0 unspecified atom stereocenters. The standard InChI is InChI=1S/C24H16ClN3/c25-18-9-10-21-23(11-12-26-24(21)14-18)28-27-15-22-19-7-3-1-5-16(19)13-17-6-2-4-8-20(17)22/h1-15H,(H,26,28)/b27-15+. The summed E-state index contributed by atoms with van der Waals surface area (Å²) in [5.74, 6) is 0. The molecule has 0 aliphatic rings. The van der Waals surface area contributed by atoms with Gasteiger partial charge in [-0.05, 0) is 51.9 Å². The van der Waals surface area contributed by atoms with Gasteiger partial charge in [0.25, 0.3) is 0 Å². The Morgan fingerprint density at radius 3 is 2.25 bits per heavy atom. The normalized spacial score (nSPS) is 11.6. The van der Waals surface area contributed by atoms with Crippen LogP contribution in [0.25, 0.3) is 32.4 Å². The number of nitrogens with one attached hydrogen (secondary N) is 1. The molecule has 0 saturated carbocycles. The van der Waals surface area contributed by atoms with Gasteiger partial charge >= 0.3 is 0 Å². The quantitative estimate of drug-likeness (QED) is 0.216. The largest absolute Gasteiger partial charge is 0.278 e. The highest BCUT2D eigenvalue weighted by Crippen LogP contribution is 2.28. The number of pyridine rings is 1. The lowest BCUT2D eigenvalue weighted by Crippen LogP contribution is -1.94. The Balaban J connectivity index is 1.59. The zero-order chi connectivity index (χ0) is 18.9. The SMILES string of the molecule is Clc1ccc2c(N/N=C/c3c4ccccc4cc4ccccc34)ccnc2c1. The minimum Gasteiger partial charge on any atom is -0.278 e. The monoisotopic (exact) mass is 381 g/mol. The second kappa shape index (κ2) is 6.95. The van der Waals surface area contributed by atoms with Crippen molar-refractivity contribution in [2.24, 2.45) is 5.10 Å². The molecule has 4 aromatic carbocycles. The van der Waals surface area contributed by atoms with Crippen LogP contribution < -0.4 is 5.43 Å². The zero-order valence-electron chi connectivity index (χ0n) is 14.9. The van der Waals surface area contributed by atoms with E-state index in [1.165, 1.54) is 21.5 Å². The molecular weight excluding hydrogens is 366 g/mol. The third-order valence-corrected chi connectivity index (χ3v) is 5.13. The number of hydrazone groups is 1. The predicted molar refractivity (Wildman–Crippen MR) is 119 cm³/mol. The van der Waals surface area contributed by atoms with Crippen molar-refractivity contribution in [3.63, 3.8) is 0 Å². The van der Waals surface area contributed by atoms with Crippen LogP contribution in [0.15, 0.2) is 90.2 Å². The number of hydrogen-bond acceptors (Lipinski definition) is 3. The van der Waals surface area contributed by atoms with Crippen LogP contribution in [0.2, 0.25) is 5.02 Å². The molecule has 0 aliphatic carbocycles. The summed E-state index contributed by atoms with van der Waals surface area (Å²) in [6.07, 6.45) is 3.65. The van der Waals surface area contributed by atoms with Gasteiger partial charge in [0.05, 0.1) is 17.4 Å². The van der Waals surface area contributed by atoms with Crippen LogP contribution in [0.4, 0.5) is 5.69 Å². The summed E-state index contributed by atoms with van der Waals surface area (Å²) in [6.45, 7) is 0. The zero-order valence-corrected chi connectivity index (χ0v) is 15.7. The number of halogens is 1. The first-order chi connectivity index (χ1) is 13.8. The molecule has 5 rings (SSSR count). The lowest BCUT2D eigenvalue weighted by molar-refractivity contribution is 1.33. The third-order valence-electron chi connectivity index (χ3n) is 4.90. The van der Waals surface area contributed by atoms with Gasteiger partial charge in [-0.25, -0.2) is 0 Å². The van der Waals surface area contributed by atoms with Gasteiger partial charge in [-0.3, -0.25) is 10.4 Å². The molecule has 4 heteroatoms. The summed E-state index contributed by atoms with van der Waals surface area (Å²) in [4.78, 5) is 4.37. The lowest BCUT2D eigenvalue weighted by atomic mass is 9.97. The van der Waals surface area contributed by atoms with Gasteiger partial charge in [-0.15, -0.1) is 0 Å². The number of fused-ring (bicyclic) bond motifs is 3. The second-order valence-corrected chi connectivity index (χ2v) is 7.06. The van der Waals surface area contributed by atoms with Crippen LogP contribution in [0, 0.1) is 0 Å². The van der Waals surface area contributed by atoms with Crippen molar-refractivity contribution in [3.8, 4) is 0 Å². The van der Waals surface area contributed by atoms with E-state index >= 15 is 0 Å². The fourth-order valence-electron chi connectivity index (χ4n) is 3.57. The molecule has 0 bridgehead atoms. The van der Waals surface area contributed by atoms with Gasteiger partial charge in [0.15, 0.2) is 0 Å². The van der Waals surface area contributed by atoms with Gasteiger partial charge in [0, 0.05) is 22.2 Å². The first-order valence-electron chi connectivity index (χ1n) is 9.03. The molecule has 5 aromatic rings. The molecular formula is C24H16ClN3. The molecule has 1 aromatic heterocycles. The molecule has 0 atom stereocenters. The summed E-state index contributed by atoms with van der Waals surface area (Å²) < 4.78 is 0. The van der Waals surface area contributed by atoms with Gasteiger partial charge in [0.2, 0.25) is 0 Å². The molecule has 0 saturated heterocycles. The van der Waals surface area contributed by atoms with Gasteiger partial charge in [-0.2, -0.15) is 5.10 Å². The topological polar surface area (TPSA) is 37.3 Å². The molecule has 0 amide bonds. The predicted octanol–water partition coefficient (Wildman–Crippen LogP) is 6.64. The van der Waals surface area contributed by atoms with Crippen LogP contribution in [0.5, 0.6) is 0 Å². The Bertz CT molecular complexity index is 1300. The second-order valence-electron chi connectivity index (χ2n) is 6.62. The van der Waals surface area contributed by atoms with E-state index in [1.54, 1.807) is 6.20 Å². The Kier molecular flexibility index (Phi) is 4.15. The van der Waals surface area contributed by atoms with Crippen molar-refractivity contribution >= 4 is 56.0 Å². The molecule has 0 aliphatic heterocycles. The maximum absolute atomic E-state index is 6.08. The van der Waals surface area contributed by atoms with Gasteiger partial charge < -0.3 is 0 Å². The van der Waals surface area contributed by atoms with Crippen LogP contribution in [0.1, 0.15) is 5.56 Å². The van der Waals surface area contributed by atoms with Crippen LogP contribution in [-0.2, 0) is 0 Å². The number of rotatable bonds is 3. The smallest absolute Gasteiger partial charge is 0.0738 e. The van der Waals surface area contributed by atoms with Crippen molar-refractivity contribution < 1.29 is 0 Å². The van der Waals surface area contributed by atoms with E-state index in [0.717, 1.165) is 22.2 Å². The summed E-state index contributed by atoms with van der Waals surface area (Å²) in [7, 11) is 0.